The quantitative estimate of drug-likeness (QED) is 0.340. The highest BCUT2D eigenvalue weighted by atomic mass is 16.5. The summed E-state index contributed by atoms with van der Waals surface area (Å²) in [6, 6.07) is 17.7. The number of hydrogen-bond acceptors (Lipinski definition) is 4. The Balaban J connectivity index is 1.64. The summed E-state index contributed by atoms with van der Waals surface area (Å²) in [7, 11) is 0. The zero-order valence-corrected chi connectivity index (χ0v) is 17.4. The third-order valence-electron chi connectivity index (χ3n) is 4.90. The molecule has 2 aromatic heterocycles. The molecular weight excluding hydrogens is 390 g/mol. The summed E-state index contributed by atoms with van der Waals surface area (Å²) in [5, 5.41) is 18.5. The van der Waals surface area contributed by atoms with Crippen molar-refractivity contribution < 1.29 is 10.0 Å². The Morgan fingerprint density at radius 1 is 1.06 bits per heavy atom. The zero-order chi connectivity index (χ0) is 21.8. The molecule has 0 atom stereocenters. The van der Waals surface area contributed by atoms with E-state index in [4.69, 9.17) is 0 Å². The van der Waals surface area contributed by atoms with Gasteiger partial charge in [-0.25, -0.2) is 4.79 Å². The van der Waals surface area contributed by atoms with Gasteiger partial charge < -0.3 is 5.32 Å². The van der Waals surface area contributed by atoms with Gasteiger partial charge in [-0.05, 0) is 61.4 Å². The second-order valence-electron chi connectivity index (χ2n) is 7.14. The predicted octanol–water partition coefficient (Wildman–Crippen LogP) is 5.37. The SMILES string of the molecule is CCn1cc(-c2cccc(N(O)C(=O)Nc3cccc(C)c3)c2)c(-c2ccncc2)n1. The van der Waals surface area contributed by atoms with Crippen molar-refractivity contribution in [3.63, 3.8) is 0 Å². The molecule has 0 aliphatic rings. The predicted molar refractivity (Wildman–Crippen MR) is 121 cm³/mol. The number of hydroxylamine groups is 1. The van der Waals surface area contributed by atoms with Crippen molar-refractivity contribution in [2.75, 3.05) is 10.4 Å². The van der Waals surface area contributed by atoms with Gasteiger partial charge in [-0.2, -0.15) is 10.2 Å². The maximum Gasteiger partial charge on any atom is 0.350 e. The minimum absolute atomic E-state index is 0.354. The van der Waals surface area contributed by atoms with Crippen LogP contribution in [-0.2, 0) is 6.54 Å². The first-order chi connectivity index (χ1) is 15.0. The minimum atomic E-state index is -0.638. The number of anilines is 2. The molecule has 2 amide bonds. The summed E-state index contributed by atoms with van der Waals surface area (Å²) in [5.41, 5.74) is 5.49. The van der Waals surface area contributed by atoms with Crippen LogP contribution in [-0.4, -0.2) is 26.0 Å². The van der Waals surface area contributed by atoms with Crippen LogP contribution in [0, 0.1) is 6.92 Å². The molecule has 4 rings (SSSR count). The van der Waals surface area contributed by atoms with Crippen LogP contribution >= 0.6 is 0 Å². The number of hydrogen-bond donors (Lipinski definition) is 2. The molecule has 0 saturated carbocycles. The lowest BCUT2D eigenvalue weighted by Gasteiger charge is -2.17. The van der Waals surface area contributed by atoms with Crippen molar-refractivity contribution in [2.45, 2.75) is 20.4 Å². The molecule has 0 aliphatic carbocycles. The molecule has 2 N–H and O–H groups in total. The summed E-state index contributed by atoms with van der Waals surface area (Å²) in [5.74, 6) is 0. The molecular formula is C24H23N5O2. The minimum Gasteiger partial charge on any atom is -0.306 e. The molecule has 0 unspecified atom stereocenters. The third-order valence-corrected chi connectivity index (χ3v) is 4.90. The highest BCUT2D eigenvalue weighted by Gasteiger charge is 2.17. The van der Waals surface area contributed by atoms with Gasteiger partial charge in [-0.15, -0.1) is 0 Å². The van der Waals surface area contributed by atoms with Crippen LogP contribution in [0.3, 0.4) is 0 Å². The number of benzene rings is 2. The fourth-order valence-electron chi connectivity index (χ4n) is 3.34. The van der Waals surface area contributed by atoms with Crippen molar-refractivity contribution in [1.82, 2.24) is 14.8 Å². The molecule has 4 aromatic rings. The second kappa shape index (κ2) is 8.81. The highest BCUT2D eigenvalue weighted by molar-refractivity contribution is 6.00. The number of pyridine rings is 1. The number of carbonyl (C=O) groups excluding carboxylic acids is 1. The van der Waals surface area contributed by atoms with Crippen LogP contribution in [0.2, 0.25) is 0 Å². The van der Waals surface area contributed by atoms with Crippen molar-refractivity contribution in [3.8, 4) is 22.4 Å². The van der Waals surface area contributed by atoms with Gasteiger partial charge >= 0.3 is 6.03 Å². The average molecular weight is 413 g/mol. The summed E-state index contributed by atoms with van der Waals surface area (Å²) >= 11 is 0. The van der Waals surface area contributed by atoms with E-state index in [1.165, 1.54) is 0 Å². The van der Waals surface area contributed by atoms with Gasteiger partial charge in [0.2, 0.25) is 0 Å². The smallest absolute Gasteiger partial charge is 0.306 e. The van der Waals surface area contributed by atoms with Crippen LogP contribution in [0.15, 0.2) is 79.3 Å². The van der Waals surface area contributed by atoms with Crippen molar-refractivity contribution >= 4 is 17.4 Å². The van der Waals surface area contributed by atoms with Crippen molar-refractivity contribution in [3.05, 3.63) is 84.8 Å². The van der Waals surface area contributed by atoms with Gasteiger partial charge in [0.05, 0.1) is 5.69 Å². The number of carbonyl (C=O) groups is 1. The number of nitrogens with zero attached hydrogens (tertiary/aromatic N) is 4. The summed E-state index contributed by atoms with van der Waals surface area (Å²) in [4.78, 5) is 16.6. The fraction of sp³-hybridized carbons (Fsp3) is 0.125. The number of urea groups is 1. The van der Waals surface area contributed by atoms with Crippen LogP contribution in [0.25, 0.3) is 22.4 Å². The summed E-state index contributed by atoms with van der Waals surface area (Å²) in [6.45, 7) is 4.68. The van der Waals surface area contributed by atoms with Gasteiger partial charge in [0.15, 0.2) is 0 Å². The van der Waals surface area contributed by atoms with Crippen LogP contribution in [0.1, 0.15) is 12.5 Å². The normalized spacial score (nSPS) is 10.7. The first kappa shape index (κ1) is 20.3. The number of amides is 2. The van der Waals surface area contributed by atoms with Gasteiger partial charge in [0.1, 0.15) is 5.69 Å². The van der Waals surface area contributed by atoms with E-state index in [1.54, 1.807) is 36.7 Å². The van der Waals surface area contributed by atoms with Gasteiger partial charge in [-0.3, -0.25) is 14.9 Å². The molecule has 2 aromatic carbocycles. The first-order valence-corrected chi connectivity index (χ1v) is 10.00. The monoisotopic (exact) mass is 413 g/mol. The zero-order valence-electron chi connectivity index (χ0n) is 17.4. The molecule has 0 saturated heterocycles. The van der Waals surface area contributed by atoms with E-state index in [0.717, 1.165) is 34.5 Å². The molecule has 156 valence electrons. The van der Waals surface area contributed by atoms with E-state index in [-0.39, 0.29) is 0 Å². The Hall–Kier alpha value is -3.97. The third kappa shape index (κ3) is 4.46. The van der Waals surface area contributed by atoms with Gasteiger partial charge in [0.25, 0.3) is 0 Å². The number of aryl methyl sites for hydroxylation is 2. The molecule has 31 heavy (non-hydrogen) atoms. The molecule has 0 spiro atoms. The van der Waals surface area contributed by atoms with E-state index in [0.29, 0.717) is 16.4 Å². The Bertz CT molecular complexity index is 1200. The maximum atomic E-state index is 12.6. The molecule has 0 fully saturated rings. The van der Waals surface area contributed by atoms with E-state index >= 15 is 0 Å². The molecule has 0 radical (unpaired) electrons. The van der Waals surface area contributed by atoms with E-state index in [2.05, 4.69) is 15.4 Å². The Kier molecular flexibility index (Phi) is 5.77. The van der Waals surface area contributed by atoms with Crippen molar-refractivity contribution in [1.29, 1.82) is 0 Å². The largest absolute Gasteiger partial charge is 0.350 e. The number of nitrogens with one attached hydrogen (secondary N) is 1. The first-order valence-electron chi connectivity index (χ1n) is 10.00. The lowest BCUT2D eigenvalue weighted by atomic mass is 10.0. The van der Waals surface area contributed by atoms with Gasteiger partial charge in [0, 0.05) is 41.9 Å². The van der Waals surface area contributed by atoms with Crippen molar-refractivity contribution in [2.24, 2.45) is 0 Å². The molecule has 0 aliphatic heterocycles. The summed E-state index contributed by atoms with van der Waals surface area (Å²) < 4.78 is 1.86. The summed E-state index contributed by atoms with van der Waals surface area (Å²) in [6.07, 6.45) is 5.42. The number of aromatic nitrogens is 3. The molecule has 7 nitrogen and oxygen atoms in total. The molecule has 0 bridgehead atoms. The molecule has 7 heteroatoms. The number of rotatable bonds is 5. The van der Waals surface area contributed by atoms with Crippen LogP contribution in [0.5, 0.6) is 0 Å². The standard InChI is InChI=1S/C24H23N5O2/c1-3-28-16-22(23(27-28)18-10-12-25-13-11-18)19-7-5-9-21(15-19)29(31)24(30)26-20-8-4-6-17(2)14-20/h4-16,31H,3H2,1-2H3,(H,26,30). The fourth-order valence-corrected chi connectivity index (χ4v) is 3.34. The Labute approximate surface area is 180 Å². The average Bonchev–Trinajstić information content (AvgIpc) is 3.24. The lowest BCUT2D eigenvalue weighted by molar-refractivity contribution is 0.216. The van der Waals surface area contributed by atoms with E-state index in [1.807, 2.05) is 61.1 Å². The highest BCUT2D eigenvalue weighted by Crippen LogP contribution is 2.32. The second-order valence-corrected chi connectivity index (χ2v) is 7.14. The molecule has 2 heterocycles. The maximum absolute atomic E-state index is 12.6. The Morgan fingerprint density at radius 2 is 1.84 bits per heavy atom. The Morgan fingerprint density at radius 3 is 2.58 bits per heavy atom. The topological polar surface area (TPSA) is 83.3 Å². The van der Waals surface area contributed by atoms with Crippen LogP contribution in [0.4, 0.5) is 16.2 Å². The van der Waals surface area contributed by atoms with Crippen LogP contribution < -0.4 is 10.4 Å². The van der Waals surface area contributed by atoms with E-state index in [9.17, 15) is 10.0 Å². The van der Waals surface area contributed by atoms with Gasteiger partial charge in [-0.1, -0.05) is 24.3 Å². The lowest BCUT2D eigenvalue weighted by Crippen LogP contribution is -2.31. The van der Waals surface area contributed by atoms with E-state index < -0.39 is 6.03 Å².